The van der Waals surface area contributed by atoms with Gasteiger partial charge in [0.15, 0.2) is 5.65 Å². The number of pyridine rings is 1. The molecular weight excluding hydrogens is 344 g/mol. The van der Waals surface area contributed by atoms with E-state index in [1.165, 1.54) is 17.8 Å². The zero-order chi connectivity index (χ0) is 19.3. The van der Waals surface area contributed by atoms with Gasteiger partial charge in [-0.15, -0.1) is 0 Å². The highest BCUT2D eigenvalue weighted by Gasteiger charge is 2.21. The SMILES string of the molecule is COC(=O)c1c(C)nn2c1ncc1c(=O)n(-c3cccc(C)c3C)ccc12. The number of esters is 1. The van der Waals surface area contributed by atoms with Crippen LogP contribution in [0.5, 0.6) is 0 Å². The molecule has 0 aliphatic carbocycles. The number of benzene rings is 1. The third kappa shape index (κ3) is 2.43. The molecule has 0 aliphatic rings. The van der Waals surface area contributed by atoms with Crippen LogP contribution in [0.15, 0.2) is 41.5 Å². The average Bonchev–Trinajstić information content (AvgIpc) is 3.00. The first-order chi connectivity index (χ1) is 12.9. The van der Waals surface area contributed by atoms with Gasteiger partial charge in [0.05, 0.1) is 29.4 Å². The molecule has 0 atom stereocenters. The fourth-order valence-corrected chi connectivity index (χ4v) is 3.30. The fourth-order valence-electron chi connectivity index (χ4n) is 3.30. The Labute approximate surface area is 154 Å². The molecule has 0 N–H and O–H groups in total. The minimum atomic E-state index is -0.502. The van der Waals surface area contributed by atoms with Gasteiger partial charge >= 0.3 is 5.97 Å². The Hall–Kier alpha value is -3.48. The van der Waals surface area contributed by atoms with Crippen molar-refractivity contribution < 1.29 is 9.53 Å². The number of aryl methyl sites for hydroxylation is 2. The molecule has 136 valence electrons. The van der Waals surface area contributed by atoms with E-state index in [0.717, 1.165) is 16.8 Å². The third-order valence-corrected chi connectivity index (χ3v) is 4.91. The molecular formula is C20H18N4O3. The Kier molecular flexibility index (Phi) is 3.80. The molecule has 0 saturated carbocycles. The number of rotatable bonds is 2. The van der Waals surface area contributed by atoms with Crippen LogP contribution in [0.2, 0.25) is 0 Å². The van der Waals surface area contributed by atoms with E-state index in [4.69, 9.17) is 4.74 Å². The maximum Gasteiger partial charge on any atom is 0.343 e. The molecule has 0 bridgehead atoms. The van der Waals surface area contributed by atoms with E-state index in [2.05, 4.69) is 10.1 Å². The van der Waals surface area contributed by atoms with Gasteiger partial charge < -0.3 is 4.74 Å². The van der Waals surface area contributed by atoms with E-state index in [1.807, 2.05) is 32.0 Å². The molecule has 3 aromatic heterocycles. The molecule has 0 fully saturated rings. The van der Waals surface area contributed by atoms with Crippen LogP contribution in [0.4, 0.5) is 0 Å². The third-order valence-electron chi connectivity index (χ3n) is 4.91. The number of fused-ring (bicyclic) bond motifs is 3. The van der Waals surface area contributed by atoms with E-state index in [1.54, 1.807) is 23.8 Å². The molecule has 0 spiro atoms. The van der Waals surface area contributed by atoms with Crippen molar-refractivity contribution in [2.45, 2.75) is 20.8 Å². The summed E-state index contributed by atoms with van der Waals surface area (Å²) in [5.74, 6) is -0.502. The summed E-state index contributed by atoms with van der Waals surface area (Å²) >= 11 is 0. The highest BCUT2D eigenvalue weighted by atomic mass is 16.5. The van der Waals surface area contributed by atoms with Gasteiger partial charge in [0.1, 0.15) is 5.56 Å². The quantitative estimate of drug-likeness (QED) is 0.512. The number of nitrogens with zero attached hydrogens (tertiary/aromatic N) is 4. The second kappa shape index (κ2) is 6.05. The summed E-state index contributed by atoms with van der Waals surface area (Å²) in [6.45, 7) is 5.71. The topological polar surface area (TPSA) is 78.5 Å². The fraction of sp³-hybridized carbons (Fsp3) is 0.200. The van der Waals surface area contributed by atoms with Crippen molar-refractivity contribution in [3.63, 3.8) is 0 Å². The van der Waals surface area contributed by atoms with Crippen molar-refractivity contribution in [2.75, 3.05) is 7.11 Å². The van der Waals surface area contributed by atoms with E-state index < -0.39 is 5.97 Å². The molecule has 0 aliphatic heterocycles. The average molecular weight is 362 g/mol. The number of aromatic nitrogens is 4. The number of carbonyl (C=O) groups excluding carboxylic acids is 1. The maximum absolute atomic E-state index is 13.1. The standard InChI is InChI=1S/C20H18N4O3/c1-11-6-5-7-15(12(11)2)23-9-8-16-14(19(23)25)10-21-18-17(20(26)27-4)13(3)22-24(16)18/h5-10H,1-4H3. The van der Waals surface area contributed by atoms with Gasteiger partial charge in [0.2, 0.25) is 0 Å². The lowest BCUT2D eigenvalue weighted by atomic mass is 10.1. The number of carbonyl (C=O) groups is 1. The van der Waals surface area contributed by atoms with Crippen molar-refractivity contribution in [2.24, 2.45) is 0 Å². The molecule has 4 aromatic rings. The zero-order valence-electron chi connectivity index (χ0n) is 15.5. The van der Waals surface area contributed by atoms with Crippen LogP contribution in [0.25, 0.3) is 22.2 Å². The molecule has 3 heterocycles. The first-order valence-electron chi connectivity index (χ1n) is 8.48. The van der Waals surface area contributed by atoms with E-state index in [0.29, 0.717) is 27.8 Å². The molecule has 0 amide bonds. The van der Waals surface area contributed by atoms with E-state index >= 15 is 0 Å². The summed E-state index contributed by atoms with van der Waals surface area (Å²) in [4.78, 5) is 29.5. The Morgan fingerprint density at radius 3 is 2.67 bits per heavy atom. The smallest absolute Gasteiger partial charge is 0.343 e. The van der Waals surface area contributed by atoms with E-state index in [-0.39, 0.29) is 5.56 Å². The van der Waals surface area contributed by atoms with Crippen LogP contribution in [-0.4, -0.2) is 32.2 Å². The van der Waals surface area contributed by atoms with Crippen LogP contribution >= 0.6 is 0 Å². The Morgan fingerprint density at radius 1 is 1.15 bits per heavy atom. The predicted octanol–water partition coefficient (Wildman–Crippen LogP) is 2.75. The second-order valence-corrected chi connectivity index (χ2v) is 6.45. The van der Waals surface area contributed by atoms with Gasteiger partial charge in [-0.25, -0.2) is 14.3 Å². The molecule has 27 heavy (non-hydrogen) atoms. The molecule has 7 heteroatoms. The first-order valence-corrected chi connectivity index (χ1v) is 8.48. The first kappa shape index (κ1) is 17.0. The number of hydrogen-bond acceptors (Lipinski definition) is 5. The van der Waals surface area contributed by atoms with Crippen molar-refractivity contribution in [1.29, 1.82) is 0 Å². The second-order valence-electron chi connectivity index (χ2n) is 6.45. The summed E-state index contributed by atoms with van der Waals surface area (Å²) in [5, 5.41) is 4.81. The monoisotopic (exact) mass is 362 g/mol. The summed E-state index contributed by atoms with van der Waals surface area (Å²) in [6, 6.07) is 7.65. The van der Waals surface area contributed by atoms with Gasteiger partial charge in [-0.1, -0.05) is 12.1 Å². The van der Waals surface area contributed by atoms with Gasteiger partial charge in [-0.3, -0.25) is 9.36 Å². The molecule has 1 aromatic carbocycles. The Balaban J connectivity index is 2.03. The van der Waals surface area contributed by atoms with Crippen molar-refractivity contribution in [3.8, 4) is 5.69 Å². The van der Waals surface area contributed by atoms with Gasteiger partial charge in [-0.2, -0.15) is 5.10 Å². The molecule has 0 radical (unpaired) electrons. The molecule has 7 nitrogen and oxygen atoms in total. The van der Waals surface area contributed by atoms with Crippen LogP contribution in [0.3, 0.4) is 0 Å². The normalized spacial score (nSPS) is 11.3. The van der Waals surface area contributed by atoms with Gasteiger partial charge in [0.25, 0.3) is 5.56 Å². The number of ether oxygens (including phenoxy) is 1. The lowest BCUT2D eigenvalue weighted by Gasteiger charge is -2.12. The van der Waals surface area contributed by atoms with Crippen molar-refractivity contribution in [1.82, 2.24) is 19.2 Å². The minimum Gasteiger partial charge on any atom is -0.465 e. The maximum atomic E-state index is 13.1. The Morgan fingerprint density at radius 2 is 1.93 bits per heavy atom. The number of hydrogen-bond donors (Lipinski definition) is 0. The van der Waals surface area contributed by atoms with Gasteiger partial charge in [-0.05, 0) is 44.0 Å². The summed E-state index contributed by atoms with van der Waals surface area (Å²) in [7, 11) is 1.31. The number of methoxy groups -OCH3 is 1. The molecule has 0 unspecified atom stereocenters. The van der Waals surface area contributed by atoms with Crippen molar-refractivity contribution >= 4 is 22.5 Å². The Bertz CT molecular complexity index is 1280. The highest BCUT2D eigenvalue weighted by Crippen LogP contribution is 2.21. The van der Waals surface area contributed by atoms with Gasteiger partial charge in [0, 0.05) is 12.4 Å². The van der Waals surface area contributed by atoms with Crippen LogP contribution in [0.1, 0.15) is 27.2 Å². The lowest BCUT2D eigenvalue weighted by molar-refractivity contribution is 0.0602. The summed E-state index contributed by atoms with van der Waals surface area (Å²) < 4.78 is 7.95. The minimum absolute atomic E-state index is 0.191. The lowest BCUT2D eigenvalue weighted by Crippen LogP contribution is -2.20. The highest BCUT2D eigenvalue weighted by molar-refractivity contribution is 5.98. The van der Waals surface area contributed by atoms with Crippen LogP contribution in [0, 0.1) is 20.8 Å². The molecule has 0 saturated heterocycles. The van der Waals surface area contributed by atoms with Crippen molar-refractivity contribution in [3.05, 3.63) is 69.4 Å². The molecule has 4 rings (SSSR count). The summed E-state index contributed by atoms with van der Waals surface area (Å²) in [6.07, 6.45) is 3.21. The zero-order valence-corrected chi connectivity index (χ0v) is 15.5. The largest absolute Gasteiger partial charge is 0.465 e. The summed E-state index contributed by atoms with van der Waals surface area (Å²) in [5.41, 5.74) is 4.55. The van der Waals surface area contributed by atoms with Crippen LogP contribution < -0.4 is 5.56 Å². The predicted molar refractivity (Wildman–Crippen MR) is 102 cm³/mol. The van der Waals surface area contributed by atoms with E-state index in [9.17, 15) is 9.59 Å². The van der Waals surface area contributed by atoms with Crippen LogP contribution in [-0.2, 0) is 4.74 Å².